The third-order valence-electron chi connectivity index (χ3n) is 4.83. The van der Waals surface area contributed by atoms with Gasteiger partial charge in [-0.2, -0.15) is 0 Å². The Kier molecular flexibility index (Phi) is 4.25. The van der Waals surface area contributed by atoms with Crippen LogP contribution < -0.4 is 5.32 Å². The van der Waals surface area contributed by atoms with Gasteiger partial charge in [0.2, 0.25) is 5.91 Å². The third-order valence-corrected chi connectivity index (χ3v) is 5.83. The van der Waals surface area contributed by atoms with Gasteiger partial charge in [0.05, 0.1) is 17.8 Å². The summed E-state index contributed by atoms with van der Waals surface area (Å²) in [6.45, 7) is 0.902. The normalized spacial score (nSPS) is 16.9. The van der Waals surface area contributed by atoms with Crippen LogP contribution >= 0.6 is 11.3 Å². The molecule has 1 N–H and O–H groups in total. The van der Waals surface area contributed by atoms with Crippen molar-refractivity contribution in [3.05, 3.63) is 46.2 Å². The second-order valence-corrected chi connectivity index (χ2v) is 7.55. The highest BCUT2D eigenvalue weighted by Crippen LogP contribution is 2.32. The minimum Gasteiger partial charge on any atom is -0.333 e. The fraction of sp³-hybridized carbons (Fsp3) is 0.389. The zero-order valence-corrected chi connectivity index (χ0v) is 14.4. The Morgan fingerprint density at radius 1 is 1.28 bits per heavy atom. The van der Waals surface area contributed by atoms with Crippen molar-refractivity contribution < 1.29 is 14.0 Å². The lowest BCUT2D eigenvalue weighted by Crippen LogP contribution is -2.35. The first-order valence-corrected chi connectivity index (χ1v) is 9.26. The molecule has 1 fully saturated rings. The number of amides is 2. The van der Waals surface area contributed by atoms with Gasteiger partial charge in [0, 0.05) is 23.8 Å². The van der Waals surface area contributed by atoms with Gasteiger partial charge in [0.15, 0.2) is 5.13 Å². The molecule has 7 heteroatoms. The lowest BCUT2D eigenvalue weighted by Gasteiger charge is -2.26. The lowest BCUT2D eigenvalue weighted by molar-refractivity contribution is -0.122. The molecule has 0 unspecified atom stereocenters. The van der Waals surface area contributed by atoms with E-state index in [-0.39, 0.29) is 23.3 Å². The number of hydrogen-bond donors (Lipinski definition) is 1. The first-order chi connectivity index (χ1) is 12.1. The first-order valence-electron chi connectivity index (χ1n) is 8.45. The number of hydrogen-bond acceptors (Lipinski definition) is 4. The van der Waals surface area contributed by atoms with Crippen molar-refractivity contribution in [1.82, 2.24) is 9.88 Å². The largest absolute Gasteiger partial charge is 0.333 e. The molecule has 25 heavy (non-hydrogen) atoms. The number of carbonyl (C=O) groups excluding carboxylic acids is 2. The molecule has 2 heterocycles. The SMILES string of the molecule is O=C(Nc1nc2c(s1)CN(C(=O)c1ccccc1F)CC2)C1CCC1. The van der Waals surface area contributed by atoms with Gasteiger partial charge in [-0.05, 0) is 25.0 Å². The maximum Gasteiger partial charge on any atom is 0.257 e. The van der Waals surface area contributed by atoms with E-state index in [0.717, 1.165) is 29.8 Å². The summed E-state index contributed by atoms with van der Waals surface area (Å²) >= 11 is 1.41. The second kappa shape index (κ2) is 6.55. The zero-order chi connectivity index (χ0) is 17.4. The molecule has 2 aliphatic rings. The Bertz CT molecular complexity index is 831. The minimum absolute atomic E-state index is 0.0386. The van der Waals surface area contributed by atoms with E-state index in [9.17, 15) is 14.0 Å². The van der Waals surface area contributed by atoms with Crippen molar-refractivity contribution in [2.75, 3.05) is 11.9 Å². The molecule has 0 saturated heterocycles. The average molecular weight is 359 g/mol. The summed E-state index contributed by atoms with van der Waals surface area (Å²) in [6.07, 6.45) is 3.62. The Morgan fingerprint density at radius 2 is 2.08 bits per heavy atom. The van der Waals surface area contributed by atoms with Crippen LogP contribution in [0.3, 0.4) is 0 Å². The van der Waals surface area contributed by atoms with E-state index in [1.165, 1.54) is 23.5 Å². The number of thiazole rings is 1. The van der Waals surface area contributed by atoms with Gasteiger partial charge in [-0.25, -0.2) is 9.37 Å². The van der Waals surface area contributed by atoms with Crippen molar-refractivity contribution >= 4 is 28.3 Å². The van der Waals surface area contributed by atoms with Crippen molar-refractivity contribution in [1.29, 1.82) is 0 Å². The average Bonchev–Trinajstić information content (AvgIpc) is 2.94. The quantitative estimate of drug-likeness (QED) is 0.915. The molecule has 1 aliphatic heterocycles. The second-order valence-electron chi connectivity index (χ2n) is 6.46. The summed E-state index contributed by atoms with van der Waals surface area (Å²) in [4.78, 5) is 31.7. The molecule has 1 aromatic carbocycles. The Hall–Kier alpha value is -2.28. The molecule has 0 atom stereocenters. The molecule has 5 nitrogen and oxygen atoms in total. The van der Waals surface area contributed by atoms with Crippen molar-refractivity contribution in [3.63, 3.8) is 0 Å². The number of aromatic nitrogens is 1. The maximum atomic E-state index is 13.8. The summed E-state index contributed by atoms with van der Waals surface area (Å²) in [6, 6.07) is 6.03. The fourth-order valence-corrected chi connectivity index (χ4v) is 4.13. The predicted molar refractivity (Wildman–Crippen MR) is 92.9 cm³/mol. The van der Waals surface area contributed by atoms with Crippen LogP contribution in [0.1, 0.15) is 40.2 Å². The van der Waals surface area contributed by atoms with Gasteiger partial charge < -0.3 is 10.2 Å². The monoisotopic (exact) mass is 359 g/mol. The molecule has 0 bridgehead atoms. The van der Waals surface area contributed by atoms with Crippen LogP contribution in [0.25, 0.3) is 0 Å². The lowest BCUT2D eigenvalue weighted by atomic mass is 9.85. The number of nitrogens with one attached hydrogen (secondary N) is 1. The number of benzene rings is 1. The van der Waals surface area contributed by atoms with Gasteiger partial charge in [0.1, 0.15) is 5.82 Å². The van der Waals surface area contributed by atoms with Gasteiger partial charge in [0.25, 0.3) is 5.91 Å². The molecule has 1 aliphatic carbocycles. The van der Waals surface area contributed by atoms with Crippen LogP contribution in [0.4, 0.5) is 9.52 Å². The molecule has 1 saturated carbocycles. The Labute approximate surface area is 148 Å². The van der Waals surface area contributed by atoms with Gasteiger partial charge >= 0.3 is 0 Å². The van der Waals surface area contributed by atoms with E-state index in [2.05, 4.69) is 10.3 Å². The van der Waals surface area contributed by atoms with Crippen LogP contribution in [0.5, 0.6) is 0 Å². The van der Waals surface area contributed by atoms with Gasteiger partial charge in [-0.15, -0.1) is 0 Å². The topological polar surface area (TPSA) is 62.3 Å². The number of rotatable bonds is 3. The van der Waals surface area contributed by atoms with Crippen molar-refractivity contribution in [2.24, 2.45) is 5.92 Å². The van der Waals surface area contributed by atoms with Gasteiger partial charge in [-0.1, -0.05) is 29.9 Å². The molecule has 1 aromatic heterocycles. The summed E-state index contributed by atoms with van der Waals surface area (Å²) in [7, 11) is 0. The van der Waals surface area contributed by atoms with Crippen molar-refractivity contribution in [2.45, 2.75) is 32.2 Å². The summed E-state index contributed by atoms with van der Waals surface area (Å²) in [5.41, 5.74) is 1.01. The third kappa shape index (κ3) is 3.16. The van der Waals surface area contributed by atoms with E-state index in [4.69, 9.17) is 0 Å². The molecule has 130 valence electrons. The fourth-order valence-electron chi connectivity index (χ4n) is 3.11. The van der Waals surface area contributed by atoms with Crippen LogP contribution in [0.15, 0.2) is 24.3 Å². The van der Waals surface area contributed by atoms with E-state index >= 15 is 0 Å². The van der Waals surface area contributed by atoms with Crippen molar-refractivity contribution in [3.8, 4) is 0 Å². The Balaban J connectivity index is 1.47. The summed E-state index contributed by atoms with van der Waals surface area (Å²) < 4.78 is 13.8. The van der Waals surface area contributed by atoms with Crippen LogP contribution in [0, 0.1) is 11.7 Å². The van der Waals surface area contributed by atoms with Crippen LogP contribution in [-0.2, 0) is 17.8 Å². The standard InChI is InChI=1S/C18H18FN3O2S/c19-13-7-2-1-6-12(13)17(24)22-9-8-14-15(10-22)25-18(20-14)21-16(23)11-4-3-5-11/h1-2,6-7,11H,3-5,8-10H2,(H,20,21,23). The molecule has 4 rings (SSSR count). The van der Waals surface area contributed by atoms with Gasteiger partial charge in [-0.3, -0.25) is 9.59 Å². The number of halogens is 1. The van der Waals surface area contributed by atoms with Crippen LogP contribution in [0.2, 0.25) is 0 Å². The van der Waals surface area contributed by atoms with E-state index < -0.39 is 5.82 Å². The highest BCUT2D eigenvalue weighted by Gasteiger charge is 2.29. The van der Waals surface area contributed by atoms with E-state index in [1.807, 2.05) is 0 Å². The van der Waals surface area contributed by atoms with E-state index in [1.54, 1.807) is 17.0 Å². The number of nitrogens with zero attached hydrogens (tertiary/aromatic N) is 2. The van der Waals surface area contributed by atoms with Crippen LogP contribution in [-0.4, -0.2) is 28.2 Å². The summed E-state index contributed by atoms with van der Waals surface area (Å²) in [5, 5.41) is 3.49. The number of fused-ring (bicyclic) bond motifs is 1. The minimum atomic E-state index is -0.504. The summed E-state index contributed by atoms with van der Waals surface area (Å²) in [5.74, 6) is -0.662. The molecular weight excluding hydrogens is 341 g/mol. The smallest absolute Gasteiger partial charge is 0.257 e. The molecule has 0 radical (unpaired) electrons. The number of carbonyl (C=O) groups is 2. The molecule has 2 amide bonds. The molecule has 0 spiro atoms. The highest BCUT2D eigenvalue weighted by molar-refractivity contribution is 7.15. The Morgan fingerprint density at radius 3 is 2.80 bits per heavy atom. The first kappa shape index (κ1) is 16.2. The maximum absolute atomic E-state index is 13.8. The zero-order valence-electron chi connectivity index (χ0n) is 13.6. The highest BCUT2D eigenvalue weighted by atomic mass is 32.1. The predicted octanol–water partition coefficient (Wildman–Crippen LogP) is 3.22. The number of anilines is 1. The molecular formula is C18H18FN3O2S. The van der Waals surface area contributed by atoms with E-state index in [0.29, 0.717) is 24.6 Å². The molecule has 2 aromatic rings.